The second-order valence-corrected chi connectivity index (χ2v) is 3.94. The molecule has 17 heavy (non-hydrogen) atoms. The SMILES string of the molecule is CC(Nc1ccccc1)c1cc(F)ccc1O. The summed E-state index contributed by atoms with van der Waals surface area (Å²) in [5.74, 6) is -0.248. The first kappa shape index (κ1) is 11.5. The van der Waals surface area contributed by atoms with Gasteiger partial charge in [0, 0.05) is 11.3 Å². The highest BCUT2D eigenvalue weighted by atomic mass is 19.1. The van der Waals surface area contributed by atoms with E-state index in [1.165, 1.54) is 18.2 Å². The van der Waals surface area contributed by atoms with Crippen molar-refractivity contribution in [2.75, 3.05) is 5.32 Å². The molecule has 1 unspecified atom stereocenters. The number of hydrogen-bond acceptors (Lipinski definition) is 2. The third-order valence-electron chi connectivity index (χ3n) is 2.61. The molecule has 0 heterocycles. The highest BCUT2D eigenvalue weighted by Gasteiger charge is 2.11. The van der Waals surface area contributed by atoms with E-state index in [1.807, 2.05) is 37.3 Å². The molecule has 3 heteroatoms. The Hall–Kier alpha value is -2.03. The average Bonchev–Trinajstić information content (AvgIpc) is 2.33. The summed E-state index contributed by atoms with van der Waals surface area (Å²) in [6, 6.07) is 13.4. The highest BCUT2D eigenvalue weighted by Crippen LogP contribution is 2.27. The average molecular weight is 231 g/mol. The minimum Gasteiger partial charge on any atom is -0.508 e. The molecule has 0 spiro atoms. The Kier molecular flexibility index (Phi) is 3.28. The van der Waals surface area contributed by atoms with Gasteiger partial charge >= 0.3 is 0 Å². The van der Waals surface area contributed by atoms with Crippen LogP contribution in [0.4, 0.5) is 10.1 Å². The number of anilines is 1. The van der Waals surface area contributed by atoms with E-state index in [2.05, 4.69) is 5.32 Å². The van der Waals surface area contributed by atoms with Crippen molar-refractivity contribution in [3.05, 3.63) is 59.9 Å². The second kappa shape index (κ2) is 4.87. The van der Waals surface area contributed by atoms with Crippen molar-refractivity contribution < 1.29 is 9.50 Å². The summed E-state index contributed by atoms with van der Waals surface area (Å²) in [4.78, 5) is 0. The lowest BCUT2D eigenvalue weighted by molar-refractivity contribution is 0.462. The zero-order valence-corrected chi connectivity index (χ0v) is 9.52. The predicted octanol–water partition coefficient (Wildman–Crippen LogP) is 3.70. The number of rotatable bonds is 3. The van der Waals surface area contributed by atoms with Gasteiger partial charge in [-0.2, -0.15) is 0 Å². The maximum Gasteiger partial charge on any atom is 0.123 e. The monoisotopic (exact) mass is 231 g/mol. The normalized spacial score (nSPS) is 12.1. The number of phenols is 1. The summed E-state index contributed by atoms with van der Waals surface area (Å²) in [7, 11) is 0. The number of halogens is 1. The van der Waals surface area contributed by atoms with Crippen LogP contribution in [0.5, 0.6) is 5.75 Å². The number of nitrogens with one attached hydrogen (secondary N) is 1. The Bertz CT molecular complexity index is 499. The first-order valence-electron chi connectivity index (χ1n) is 5.47. The molecule has 0 bridgehead atoms. The number of hydrogen-bond donors (Lipinski definition) is 2. The fourth-order valence-electron chi connectivity index (χ4n) is 1.73. The fourth-order valence-corrected chi connectivity index (χ4v) is 1.73. The van der Waals surface area contributed by atoms with E-state index in [9.17, 15) is 9.50 Å². The van der Waals surface area contributed by atoms with E-state index < -0.39 is 0 Å². The largest absolute Gasteiger partial charge is 0.508 e. The van der Waals surface area contributed by atoms with Crippen molar-refractivity contribution in [3.8, 4) is 5.75 Å². The quantitative estimate of drug-likeness (QED) is 0.844. The Morgan fingerprint density at radius 2 is 1.82 bits per heavy atom. The molecule has 0 radical (unpaired) electrons. The lowest BCUT2D eigenvalue weighted by Crippen LogP contribution is -2.07. The Balaban J connectivity index is 2.20. The molecule has 0 aliphatic carbocycles. The van der Waals surface area contributed by atoms with Gasteiger partial charge in [-0.3, -0.25) is 0 Å². The molecule has 2 N–H and O–H groups in total. The molecule has 0 aromatic heterocycles. The molecule has 88 valence electrons. The first-order chi connectivity index (χ1) is 8.16. The molecule has 2 aromatic carbocycles. The van der Waals surface area contributed by atoms with Crippen LogP contribution in [0.1, 0.15) is 18.5 Å². The van der Waals surface area contributed by atoms with Gasteiger partial charge in [-0.05, 0) is 37.3 Å². The molecule has 2 aromatic rings. The zero-order valence-electron chi connectivity index (χ0n) is 9.52. The fraction of sp³-hybridized carbons (Fsp3) is 0.143. The van der Waals surface area contributed by atoms with Gasteiger partial charge < -0.3 is 10.4 Å². The van der Waals surface area contributed by atoms with Crippen LogP contribution in [0.2, 0.25) is 0 Å². The third kappa shape index (κ3) is 2.75. The van der Waals surface area contributed by atoms with Gasteiger partial charge in [0.15, 0.2) is 0 Å². The minimum atomic E-state index is -0.348. The molecule has 0 fully saturated rings. The molecule has 2 nitrogen and oxygen atoms in total. The first-order valence-corrected chi connectivity index (χ1v) is 5.47. The number of aromatic hydroxyl groups is 1. The van der Waals surface area contributed by atoms with Crippen molar-refractivity contribution in [1.82, 2.24) is 0 Å². The van der Waals surface area contributed by atoms with Crippen LogP contribution in [-0.4, -0.2) is 5.11 Å². The number of para-hydroxylation sites is 1. The molecular formula is C14H14FNO. The minimum absolute atomic E-state index is 0.0994. The van der Waals surface area contributed by atoms with Crippen LogP contribution in [0.3, 0.4) is 0 Å². The molecule has 2 rings (SSSR count). The summed E-state index contributed by atoms with van der Waals surface area (Å²) >= 11 is 0. The third-order valence-corrected chi connectivity index (χ3v) is 2.61. The van der Waals surface area contributed by atoms with Crippen molar-refractivity contribution in [2.24, 2.45) is 0 Å². The van der Waals surface area contributed by atoms with Gasteiger partial charge in [0.05, 0.1) is 6.04 Å². The molecule has 0 aliphatic heterocycles. The van der Waals surface area contributed by atoms with Gasteiger partial charge in [0.1, 0.15) is 11.6 Å². The van der Waals surface area contributed by atoms with Crippen molar-refractivity contribution in [3.63, 3.8) is 0 Å². The summed E-state index contributed by atoms with van der Waals surface area (Å²) in [6.45, 7) is 1.88. The zero-order chi connectivity index (χ0) is 12.3. The highest BCUT2D eigenvalue weighted by molar-refractivity contribution is 5.47. The van der Waals surface area contributed by atoms with E-state index >= 15 is 0 Å². The lowest BCUT2D eigenvalue weighted by Gasteiger charge is -2.16. The maximum absolute atomic E-state index is 13.1. The van der Waals surface area contributed by atoms with Crippen LogP contribution in [-0.2, 0) is 0 Å². The number of benzene rings is 2. The predicted molar refractivity (Wildman–Crippen MR) is 66.5 cm³/mol. The summed E-state index contributed by atoms with van der Waals surface area (Å²) in [5.41, 5.74) is 1.48. The topological polar surface area (TPSA) is 32.3 Å². The summed E-state index contributed by atoms with van der Waals surface area (Å²) < 4.78 is 13.1. The molecule has 0 saturated carbocycles. The molecule has 0 saturated heterocycles. The molecule has 1 atom stereocenters. The smallest absolute Gasteiger partial charge is 0.123 e. The Morgan fingerprint density at radius 1 is 1.12 bits per heavy atom. The van der Waals surface area contributed by atoms with Crippen LogP contribution in [0.25, 0.3) is 0 Å². The van der Waals surface area contributed by atoms with Crippen molar-refractivity contribution in [1.29, 1.82) is 0 Å². The van der Waals surface area contributed by atoms with E-state index in [4.69, 9.17) is 0 Å². The van der Waals surface area contributed by atoms with Gasteiger partial charge in [-0.25, -0.2) is 4.39 Å². The maximum atomic E-state index is 13.1. The van der Waals surface area contributed by atoms with E-state index in [1.54, 1.807) is 0 Å². The van der Waals surface area contributed by atoms with Crippen LogP contribution in [0.15, 0.2) is 48.5 Å². The van der Waals surface area contributed by atoms with Crippen LogP contribution < -0.4 is 5.32 Å². The van der Waals surface area contributed by atoms with Crippen molar-refractivity contribution in [2.45, 2.75) is 13.0 Å². The standard InChI is InChI=1S/C14H14FNO/c1-10(16-12-5-3-2-4-6-12)13-9-11(15)7-8-14(13)17/h2-10,16-17H,1H3. The van der Waals surface area contributed by atoms with Gasteiger partial charge in [0.2, 0.25) is 0 Å². The Labute approximate surface area is 99.7 Å². The molecule has 0 amide bonds. The van der Waals surface area contributed by atoms with E-state index in [0.29, 0.717) is 5.56 Å². The second-order valence-electron chi connectivity index (χ2n) is 3.94. The van der Waals surface area contributed by atoms with Crippen LogP contribution >= 0.6 is 0 Å². The van der Waals surface area contributed by atoms with Crippen molar-refractivity contribution >= 4 is 5.69 Å². The lowest BCUT2D eigenvalue weighted by atomic mass is 10.1. The van der Waals surface area contributed by atoms with Crippen LogP contribution in [0, 0.1) is 5.82 Å². The van der Waals surface area contributed by atoms with Gasteiger partial charge in [-0.1, -0.05) is 18.2 Å². The molecule has 0 aliphatic rings. The Morgan fingerprint density at radius 3 is 2.53 bits per heavy atom. The van der Waals surface area contributed by atoms with Gasteiger partial charge in [-0.15, -0.1) is 0 Å². The van der Waals surface area contributed by atoms with Gasteiger partial charge in [0.25, 0.3) is 0 Å². The summed E-state index contributed by atoms with van der Waals surface area (Å²) in [6.07, 6.45) is 0. The number of phenolic OH excluding ortho intramolecular Hbond substituents is 1. The van der Waals surface area contributed by atoms with E-state index in [-0.39, 0.29) is 17.6 Å². The molecular weight excluding hydrogens is 217 g/mol. The van der Waals surface area contributed by atoms with E-state index in [0.717, 1.165) is 5.69 Å². The summed E-state index contributed by atoms with van der Waals surface area (Å²) in [5, 5.41) is 12.9.